The molecule has 0 spiro atoms. The van der Waals surface area contributed by atoms with Crippen molar-refractivity contribution in [3.63, 3.8) is 0 Å². The Labute approximate surface area is 84.7 Å². The van der Waals surface area contributed by atoms with Crippen LogP contribution < -0.4 is 0 Å². The van der Waals surface area contributed by atoms with Crippen molar-refractivity contribution in [3.8, 4) is 0 Å². The highest BCUT2D eigenvalue weighted by Crippen LogP contribution is 2.22. The molecule has 1 nitrogen and oxygen atoms in total. The predicted octanol–water partition coefficient (Wildman–Crippen LogP) is 3.05. The lowest BCUT2D eigenvalue weighted by Crippen LogP contribution is -1.90. The van der Waals surface area contributed by atoms with Crippen molar-refractivity contribution in [1.29, 1.82) is 0 Å². The zero-order valence-corrected chi connectivity index (χ0v) is 8.35. The number of allylic oxidation sites excluding steroid dienone is 3. The second-order valence-electron chi connectivity index (χ2n) is 3.29. The van der Waals surface area contributed by atoms with E-state index in [0.717, 1.165) is 6.42 Å². The molecule has 0 bridgehead atoms. The van der Waals surface area contributed by atoms with Gasteiger partial charge in [-0.1, -0.05) is 30.4 Å². The summed E-state index contributed by atoms with van der Waals surface area (Å²) in [4.78, 5) is 0. The van der Waals surface area contributed by atoms with Gasteiger partial charge >= 0.3 is 0 Å². The van der Waals surface area contributed by atoms with Gasteiger partial charge in [0.25, 0.3) is 0 Å². The summed E-state index contributed by atoms with van der Waals surface area (Å²) in [6, 6.07) is 8.49. The molecule has 0 amide bonds. The monoisotopic (exact) mass is 184 g/mol. The van der Waals surface area contributed by atoms with Crippen molar-refractivity contribution < 1.29 is 4.58 Å². The van der Waals surface area contributed by atoms with E-state index in [1.54, 1.807) is 0 Å². The van der Waals surface area contributed by atoms with Gasteiger partial charge in [0.1, 0.15) is 0 Å². The van der Waals surface area contributed by atoms with Gasteiger partial charge in [0.2, 0.25) is 5.69 Å². The van der Waals surface area contributed by atoms with E-state index >= 15 is 0 Å². The molecule has 0 fully saturated rings. The van der Waals surface area contributed by atoms with Crippen molar-refractivity contribution >= 4 is 11.9 Å². The SMILES string of the molecule is CC=CC=C[N+]1=CCc2ccccc21. The maximum absolute atomic E-state index is 2.20. The zero-order valence-electron chi connectivity index (χ0n) is 8.35. The minimum Gasteiger partial charge on any atom is -0.171 e. The van der Waals surface area contributed by atoms with Crippen molar-refractivity contribution in [2.45, 2.75) is 13.3 Å². The van der Waals surface area contributed by atoms with E-state index in [1.807, 2.05) is 19.1 Å². The minimum absolute atomic E-state index is 1.04. The molecule has 14 heavy (non-hydrogen) atoms. The lowest BCUT2D eigenvalue weighted by molar-refractivity contribution is -0.351. The second kappa shape index (κ2) is 4.05. The molecule has 1 aliphatic rings. The molecule has 0 atom stereocenters. The first-order valence-electron chi connectivity index (χ1n) is 4.91. The third kappa shape index (κ3) is 1.67. The topological polar surface area (TPSA) is 3.01 Å². The number of hydrogen-bond acceptors (Lipinski definition) is 0. The molecule has 1 aliphatic heterocycles. The molecule has 1 aromatic rings. The van der Waals surface area contributed by atoms with Crippen LogP contribution in [0.4, 0.5) is 5.69 Å². The largest absolute Gasteiger partial charge is 0.214 e. The molecule has 0 N–H and O–H groups in total. The lowest BCUT2D eigenvalue weighted by Gasteiger charge is -1.92. The quantitative estimate of drug-likeness (QED) is 0.491. The van der Waals surface area contributed by atoms with Crippen LogP contribution in [-0.2, 0) is 6.42 Å². The molecule has 1 heterocycles. The lowest BCUT2D eigenvalue weighted by atomic mass is 10.2. The molecule has 0 unspecified atom stereocenters. The van der Waals surface area contributed by atoms with Gasteiger partial charge in [-0.05, 0) is 6.92 Å². The van der Waals surface area contributed by atoms with Gasteiger partial charge < -0.3 is 0 Å². The predicted molar refractivity (Wildman–Crippen MR) is 60.1 cm³/mol. The number of hydrogen-bond donors (Lipinski definition) is 0. The third-order valence-electron chi connectivity index (χ3n) is 2.33. The number of nitrogens with zero attached hydrogens (tertiary/aromatic N) is 1. The number of para-hydroxylation sites is 1. The summed E-state index contributed by atoms with van der Waals surface area (Å²) in [6.45, 7) is 2.02. The van der Waals surface area contributed by atoms with Crippen LogP contribution in [0.5, 0.6) is 0 Å². The standard InChI is InChI=1S/C13H14N/c1-2-3-6-10-14-11-9-12-7-4-5-8-13(12)14/h2-8,10-11H,9H2,1H3/q+1. The average molecular weight is 184 g/mol. The average Bonchev–Trinajstić information content (AvgIpc) is 2.63. The molecule has 0 aromatic heterocycles. The van der Waals surface area contributed by atoms with E-state index in [1.165, 1.54) is 11.3 Å². The molecule has 70 valence electrons. The van der Waals surface area contributed by atoms with Crippen molar-refractivity contribution in [2.75, 3.05) is 0 Å². The van der Waals surface area contributed by atoms with Gasteiger partial charge in [0.05, 0.1) is 6.42 Å². The van der Waals surface area contributed by atoms with Crippen LogP contribution in [0.25, 0.3) is 0 Å². The minimum atomic E-state index is 1.04. The Bertz CT molecular complexity index is 411. The summed E-state index contributed by atoms with van der Waals surface area (Å²) in [5.41, 5.74) is 2.70. The first-order chi connectivity index (χ1) is 6.92. The third-order valence-corrected chi connectivity index (χ3v) is 2.33. The van der Waals surface area contributed by atoms with Gasteiger partial charge in [0, 0.05) is 17.7 Å². The highest BCUT2D eigenvalue weighted by molar-refractivity contribution is 5.67. The van der Waals surface area contributed by atoms with Crippen molar-refractivity contribution in [2.24, 2.45) is 0 Å². The number of fused-ring (bicyclic) bond motifs is 1. The van der Waals surface area contributed by atoms with Crippen molar-refractivity contribution in [1.82, 2.24) is 0 Å². The Morgan fingerprint density at radius 3 is 2.93 bits per heavy atom. The van der Waals surface area contributed by atoms with Gasteiger partial charge in [-0.25, -0.2) is 0 Å². The zero-order chi connectivity index (χ0) is 9.80. The van der Waals surface area contributed by atoms with Gasteiger partial charge in [0.15, 0.2) is 12.4 Å². The molecule has 1 aromatic carbocycles. The van der Waals surface area contributed by atoms with E-state index < -0.39 is 0 Å². The highest BCUT2D eigenvalue weighted by Gasteiger charge is 2.17. The van der Waals surface area contributed by atoms with Crippen LogP contribution in [0.2, 0.25) is 0 Å². The molecule has 2 rings (SSSR count). The van der Waals surface area contributed by atoms with Crippen LogP contribution >= 0.6 is 0 Å². The Balaban J connectivity index is 2.25. The summed E-state index contributed by atoms with van der Waals surface area (Å²) < 4.78 is 2.18. The Morgan fingerprint density at radius 2 is 2.07 bits per heavy atom. The van der Waals surface area contributed by atoms with Crippen LogP contribution in [0.15, 0.2) is 48.7 Å². The molecule has 0 saturated carbocycles. The summed E-state index contributed by atoms with van der Waals surface area (Å²) in [5, 5.41) is 0. The summed E-state index contributed by atoms with van der Waals surface area (Å²) in [6.07, 6.45) is 11.4. The fourth-order valence-electron chi connectivity index (χ4n) is 1.63. The van der Waals surface area contributed by atoms with E-state index in [9.17, 15) is 0 Å². The normalized spacial score (nSPS) is 15.1. The molecule has 0 saturated heterocycles. The number of rotatable bonds is 2. The highest BCUT2D eigenvalue weighted by atomic mass is 15.0. The summed E-state index contributed by atoms with van der Waals surface area (Å²) >= 11 is 0. The van der Waals surface area contributed by atoms with Gasteiger partial charge in [-0.15, -0.1) is 0 Å². The maximum Gasteiger partial charge on any atom is 0.214 e. The van der Waals surface area contributed by atoms with Gasteiger partial charge in [-0.2, -0.15) is 4.58 Å². The first-order valence-corrected chi connectivity index (χ1v) is 4.91. The molecular weight excluding hydrogens is 170 g/mol. The fraction of sp³-hybridized carbons (Fsp3) is 0.154. The Hall–Kier alpha value is -1.63. The van der Waals surface area contributed by atoms with E-state index in [0.29, 0.717) is 0 Å². The van der Waals surface area contributed by atoms with Crippen LogP contribution in [0, 0.1) is 0 Å². The van der Waals surface area contributed by atoms with Crippen LogP contribution in [-0.4, -0.2) is 10.8 Å². The van der Waals surface area contributed by atoms with E-state index in [2.05, 4.69) is 47.3 Å². The smallest absolute Gasteiger partial charge is 0.171 e. The van der Waals surface area contributed by atoms with E-state index in [-0.39, 0.29) is 0 Å². The Morgan fingerprint density at radius 1 is 1.21 bits per heavy atom. The summed E-state index contributed by atoms with van der Waals surface area (Å²) in [5.74, 6) is 0. The molecular formula is C13H14N+. The molecule has 0 radical (unpaired) electrons. The first kappa shape index (κ1) is 8.95. The molecule has 0 aliphatic carbocycles. The second-order valence-corrected chi connectivity index (χ2v) is 3.29. The van der Waals surface area contributed by atoms with Crippen LogP contribution in [0.3, 0.4) is 0 Å². The number of benzene rings is 1. The Kier molecular flexibility index (Phi) is 2.59. The molecule has 1 heteroatoms. The summed E-state index contributed by atoms with van der Waals surface area (Å²) in [7, 11) is 0. The van der Waals surface area contributed by atoms with Crippen LogP contribution in [0.1, 0.15) is 12.5 Å². The maximum atomic E-state index is 2.20. The van der Waals surface area contributed by atoms with Crippen molar-refractivity contribution in [3.05, 3.63) is 54.3 Å². The van der Waals surface area contributed by atoms with E-state index in [4.69, 9.17) is 0 Å². The fourth-order valence-corrected chi connectivity index (χ4v) is 1.63. The van der Waals surface area contributed by atoms with Gasteiger partial charge in [-0.3, -0.25) is 0 Å².